The summed E-state index contributed by atoms with van der Waals surface area (Å²) in [6, 6.07) is -1.39. The first-order chi connectivity index (χ1) is 21.8. The molecular formula is C36H66N2O7. The molecule has 9 heteroatoms. The molecule has 2 atom stereocenters. The molecule has 0 bridgehead atoms. The normalized spacial score (nSPS) is 12.6. The number of aliphatic hydroxyl groups is 1. The van der Waals surface area contributed by atoms with Crippen molar-refractivity contribution in [1.82, 2.24) is 10.6 Å². The zero-order valence-electron chi connectivity index (χ0n) is 28.6. The number of hydrogen-bond acceptors (Lipinski definition) is 6. The first-order valence-electron chi connectivity index (χ1n) is 18.1. The quantitative estimate of drug-likeness (QED) is 0.0339. The molecule has 0 rings (SSSR count). The summed E-state index contributed by atoms with van der Waals surface area (Å²) in [5.74, 6) is -2.40. The number of amides is 2. The zero-order chi connectivity index (χ0) is 33.4. The molecule has 0 aliphatic rings. The SMILES string of the molecule is CCCCCC/C=C\C(CCCCCCC(=O)NCC(=O)NC(CO)C(=O)O)OC(=O)CCCCCCCCCCCCCC. The Hall–Kier alpha value is -2.42. The highest BCUT2D eigenvalue weighted by Crippen LogP contribution is 2.15. The molecule has 0 heterocycles. The number of esters is 1. The number of carboxylic acids is 1. The first kappa shape index (κ1) is 42.6. The summed E-state index contributed by atoms with van der Waals surface area (Å²) in [7, 11) is 0. The highest BCUT2D eigenvalue weighted by atomic mass is 16.5. The van der Waals surface area contributed by atoms with Gasteiger partial charge in [-0.1, -0.05) is 123 Å². The Morgan fingerprint density at radius 1 is 0.667 bits per heavy atom. The van der Waals surface area contributed by atoms with Crippen molar-refractivity contribution in [3.8, 4) is 0 Å². The molecule has 45 heavy (non-hydrogen) atoms. The van der Waals surface area contributed by atoms with Crippen molar-refractivity contribution in [2.75, 3.05) is 13.2 Å². The summed E-state index contributed by atoms with van der Waals surface area (Å²) < 4.78 is 5.85. The number of ether oxygens (including phenoxy) is 1. The molecule has 0 fully saturated rings. The Morgan fingerprint density at radius 2 is 1.18 bits per heavy atom. The van der Waals surface area contributed by atoms with Crippen LogP contribution >= 0.6 is 0 Å². The fourth-order valence-electron chi connectivity index (χ4n) is 5.15. The predicted molar refractivity (Wildman–Crippen MR) is 181 cm³/mol. The van der Waals surface area contributed by atoms with Gasteiger partial charge in [0.2, 0.25) is 11.8 Å². The van der Waals surface area contributed by atoms with Crippen molar-refractivity contribution < 1.29 is 34.1 Å². The number of aliphatic carboxylic acids is 1. The summed E-state index contributed by atoms with van der Waals surface area (Å²) in [6.07, 6.45) is 29.8. The molecule has 0 saturated carbocycles. The van der Waals surface area contributed by atoms with E-state index in [-0.39, 0.29) is 30.9 Å². The lowest BCUT2D eigenvalue weighted by Crippen LogP contribution is -2.47. The molecule has 0 aliphatic heterocycles. The highest BCUT2D eigenvalue weighted by molar-refractivity contribution is 5.87. The molecule has 0 radical (unpaired) electrons. The lowest BCUT2D eigenvalue weighted by atomic mass is 10.0. The van der Waals surface area contributed by atoms with Crippen LogP contribution in [-0.2, 0) is 23.9 Å². The Bertz CT molecular complexity index is 787. The average molecular weight is 639 g/mol. The summed E-state index contributed by atoms with van der Waals surface area (Å²) in [6.45, 7) is 3.40. The van der Waals surface area contributed by atoms with Crippen LogP contribution in [0.5, 0.6) is 0 Å². The van der Waals surface area contributed by atoms with Crippen LogP contribution in [0.4, 0.5) is 0 Å². The number of hydrogen-bond donors (Lipinski definition) is 4. The van der Waals surface area contributed by atoms with Crippen LogP contribution in [0.1, 0.15) is 168 Å². The number of carboxylic acid groups (broad SMARTS) is 1. The second-order valence-corrected chi connectivity index (χ2v) is 12.3. The first-order valence-corrected chi connectivity index (χ1v) is 18.1. The van der Waals surface area contributed by atoms with Gasteiger partial charge in [-0.15, -0.1) is 0 Å². The van der Waals surface area contributed by atoms with Gasteiger partial charge < -0.3 is 25.6 Å². The lowest BCUT2D eigenvalue weighted by molar-refractivity contribution is -0.147. The van der Waals surface area contributed by atoms with Gasteiger partial charge in [-0.25, -0.2) is 4.79 Å². The molecule has 0 aromatic carbocycles. The molecule has 9 nitrogen and oxygen atoms in total. The average Bonchev–Trinajstić information content (AvgIpc) is 3.02. The molecular weight excluding hydrogens is 572 g/mol. The molecule has 0 saturated heterocycles. The van der Waals surface area contributed by atoms with Gasteiger partial charge in [0, 0.05) is 12.8 Å². The van der Waals surface area contributed by atoms with E-state index in [2.05, 4.69) is 36.6 Å². The number of rotatable bonds is 32. The number of carbonyl (C=O) groups is 4. The Morgan fingerprint density at radius 3 is 1.73 bits per heavy atom. The minimum Gasteiger partial charge on any atom is -0.480 e. The summed E-state index contributed by atoms with van der Waals surface area (Å²) in [4.78, 5) is 47.2. The molecule has 0 aromatic rings. The topological polar surface area (TPSA) is 142 Å². The van der Waals surface area contributed by atoms with Crippen LogP contribution in [0, 0.1) is 0 Å². The van der Waals surface area contributed by atoms with Crippen LogP contribution in [-0.4, -0.2) is 59.3 Å². The van der Waals surface area contributed by atoms with Crippen molar-refractivity contribution in [2.45, 2.75) is 180 Å². The summed E-state index contributed by atoms with van der Waals surface area (Å²) in [5.41, 5.74) is 0. The van der Waals surface area contributed by atoms with Crippen molar-refractivity contribution in [3.05, 3.63) is 12.2 Å². The largest absolute Gasteiger partial charge is 0.480 e. The van der Waals surface area contributed by atoms with Crippen LogP contribution in [0.3, 0.4) is 0 Å². The van der Waals surface area contributed by atoms with Crippen molar-refractivity contribution in [3.63, 3.8) is 0 Å². The maximum atomic E-state index is 12.6. The van der Waals surface area contributed by atoms with E-state index in [1.54, 1.807) is 0 Å². The minimum absolute atomic E-state index is 0.114. The van der Waals surface area contributed by atoms with Crippen LogP contribution < -0.4 is 10.6 Å². The fourth-order valence-corrected chi connectivity index (χ4v) is 5.15. The van der Waals surface area contributed by atoms with Crippen LogP contribution in [0.2, 0.25) is 0 Å². The van der Waals surface area contributed by atoms with E-state index in [4.69, 9.17) is 14.9 Å². The van der Waals surface area contributed by atoms with E-state index in [1.807, 2.05) is 0 Å². The van der Waals surface area contributed by atoms with Gasteiger partial charge >= 0.3 is 11.9 Å². The predicted octanol–water partition coefficient (Wildman–Crippen LogP) is 7.53. The van der Waals surface area contributed by atoms with E-state index in [1.165, 1.54) is 83.5 Å². The molecule has 262 valence electrons. The van der Waals surface area contributed by atoms with E-state index in [9.17, 15) is 19.2 Å². The van der Waals surface area contributed by atoms with E-state index in [0.29, 0.717) is 12.8 Å². The third kappa shape index (κ3) is 28.8. The van der Waals surface area contributed by atoms with Crippen molar-refractivity contribution in [2.24, 2.45) is 0 Å². The van der Waals surface area contributed by atoms with Crippen molar-refractivity contribution in [1.29, 1.82) is 0 Å². The molecule has 0 aromatic heterocycles. The molecule has 0 aliphatic carbocycles. The molecule has 4 N–H and O–H groups in total. The Labute approximate surface area is 273 Å². The minimum atomic E-state index is -1.39. The maximum absolute atomic E-state index is 12.6. The Kier molecular flexibility index (Phi) is 29.9. The van der Waals surface area contributed by atoms with E-state index in [0.717, 1.165) is 51.4 Å². The van der Waals surface area contributed by atoms with Gasteiger partial charge in [-0.05, 0) is 44.6 Å². The van der Waals surface area contributed by atoms with Gasteiger partial charge in [0.15, 0.2) is 0 Å². The zero-order valence-corrected chi connectivity index (χ0v) is 28.6. The third-order valence-corrected chi connectivity index (χ3v) is 8.00. The monoisotopic (exact) mass is 638 g/mol. The number of allylic oxidation sites excluding steroid dienone is 1. The van der Waals surface area contributed by atoms with Crippen molar-refractivity contribution >= 4 is 23.8 Å². The molecule has 2 amide bonds. The summed E-state index contributed by atoms with van der Waals surface area (Å²) in [5, 5.41) is 22.4. The Balaban J connectivity index is 4.22. The molecule has 2 unspecified atom stereocenters. The van der Waals surface area contributed by atoms with E-state index < -0.39 is 24.5 Å². The van der Waals surface area contributed by atoms with Gasteiger partial charge in [0.25, 0.3) is 0 Å². The van der Waals surface area contributed by atoms with Crippen LogP contribution in [0.25, 0.3) is 0 Å². The standard InChI is InChI=1S/C36H66N2O7/c1-3-5-7-9-11-12-13-14-15-16-18-24-28-35(42)45-31(25-21-17-10-8-6-4-2)26-22-19-20-23-27-33(40)37-29-34(41)38-32(30-39)36(43)44/h21,25,31-32,39H,3-20,22-24,26-30H2,1-2H3,(H,37,40)(H,38,41)(H,43,44)/b25-21-. The van der Waals surface area contributed by atoms with Gasteiger partial charge in [-0.3, -0.25) is 14.4 Å². The van der Waals surface area contributed by atoms with Gasteiger partial charge in [0.05, 0.1) is 13.2 Å². The third-order valence-electron chi connectivity index (χ3n) is 8.00. The second kappa shape index (κ2) is 31.6. The molecule has 0 spiro atoms. The number of aliphatic hydroxyl groups excluding tert-OH is 1. The lowest BCUT2D eigenvalue weighted by Gasteiger charge is -2.15. The number of unbranched alkanes of at least 4 members (excludes halogenated alkanes) is 18. The summed E-state index contributed by atoms with van der Waals surface area (Å²) >= 11 is 0. The fraction of sp³-hybridized carbons (Fsp3) is 0.833. The number of carbonyl (C=O) groups excluding carboxylic acids is 3. The maximum Gasteiger partial charge on any atom is 0.328 e. The number of nitrogens with one attached hydrogen (secondary N) is 2. The highest BCUT2D eigenvalue weighted by Gasteiger charge is 2.18. The smallest absolute Gasteiger partial charge is 0.328 e. The van der Waals surface area contributed by atoms with Crippen LogP contribution in [0.15, 0.2) is 12.2 Å². The van der Waals surface area contributed by atoms with Gasteiger partial charge in [0.1, 0.15) is 12.1 Å². The van der Waals surface area contributed by atoms with E-state index >= 15 is 0 Å². The van der Waals surface area contributed by atoms with Gasteiger partial charge in [-0.2, -0.15) is 0 Å². The second-order valence-electron chi connectivity index (χ2n) is 12.3.